The van der Waals surface area contributed by atoms with Crippen LogP contribution in [-0.2, 0) is 27.4 Å². The lowest BCUT2D eigenvalue weighted by atomic mass is 10.1. The summed E-state index contributed by atoms with van der Waals surface area (Å²) in [5, 5.41) is 10.8. The number of carbonyl (C=O) groups excluding carboxylic acids is 1. The van der Waals surface area contributed by atoms with Gasteiger partial charge in [-0.3, -0.25) is 9.69 Å². The van der Waals surface area contributed by atoms with Crippen molar-refractivity contribution in [3.8, 4) is 0 Å². The topological polar surface area (TPSA) is 59.0 Å². The van der Waals surface area contributed by atoms with Gasteiger partial charge in [0.05, 0.1) is 31.8 Å². The fourth-order valence-corrected chi connectivity index (χ4v) is 3.51. The zero-order valence-electron chi connectivity index (χ0n) is 15.7. The van der Waals surface area contributed by atoms with E-state index in [0.717, 1.165) is 11.1 Å². The summed E-state index contributed by atoms with van der Waals surface area (Å²) in [5.41, 5.74) is 2.20. The molecule has 1 saturated heterocycles. The van der Waals surface area contributed by atoms with Crippen LogP contribution in [0.25, 0.3) is 0 Å². The summed E-state index contributed by atoms with van der Waals surface area (Å²) in [6.45, 7) is 3.80. The lowest BCUT2D eigenvalue weighted by Crippen LogP contribution is -2.38. The monoisotopic (exact) mass is 369 g/mol. The molecular weight excluding hydrogens is 342 g/mol. The van der Waals surface area contributed by atoms with Gasteiger partial charge in [-0.25, -0.2) is 0 Å². The van der Waals surface area contributed by atoms with E-state index in [0.29, 0.717) is 26.3 Å². The SMILES string of the molecule is CCOC(=O)C[C@@H]1[C@@H](O)[C@H](OCc2ccccc2)CN1Cc1ccccc1. The highest BCUT2D eigenvalue weighted by Gasteiger charge is 2.42. The third-order valence-electron chi connectivity index (χ3n) is 4.88. The molecule has 1 heterocycles. The molecule has 2 aromatic carbocycles. The maximum Gasteiger partial charge on any atom is 0.307 e. The molecule has 0 unspecified atom stereocenters. The van der Waals surface area contributed by atoms with Crippen LogP contribution in [0.2, 0.25) is 0 Å². The Bertz CT molecular complexity index is 707. The molecule has 1 aliphatic rings. The van der Waals surface area contributed by atoms with Gasteiger partial charge in [-0.05, 0) is 18.1 Å². The number of aliphatic hydroxyl groups excluding tert-OH is 1. The van der Waals surface area contributed by atoms with Gasteiger partial charge < -0.3 is 14.6 Å². The molecule has 0 aromatic heterocycles. The molecular formula is C22H27NO4. The second-order valence-electron chi connectivity index (χ2n) is 6.82. The summed E-state index contributed by atoms with van der Waals surface area (Å²) in [5.74, 6) is -0.289. The van der Waals surface area contributed by atoms with E-state index in [9.17, 15) is 9.90 Å². The van der Waals surface area contributed by atoms with E-state index in [1.165, 1.54) is 0 Å². The van der Waals surface area contributed by atoms with Crippen LogP contribution < -0.4 is 0 Å². The first-order valence-corrected chi connectivity index (χ1v) is 9.44. The Morgan fingerprint density at radius 3 is 2.33 bits per heavy atom. The summed E-state index contributed by atoms with van der Waals surface area (Å²) >= 11 is 0. The van der Waals surface area contributed by atoms with E-state index in [1.807, 2.05) is 60.7 Å². The van der Waals surface area contributed by atoms with Gasteiger partial charge in [-0.1, -0.05) is 60.7 Å². The van der Waals surface area contributed by atoms with Crippen molar-refractivity contribution in [3.63, 3.8) is 0 Å². The van der Waals surface area contributed by atoms with E-state index >= 15 is 0 Å². The first-order valence-electron chi connectivity index (χ1n) is 9.44. The van der Waals surface area contributed by atoms with Crippen molar-refractivity contribution >= 4 is 5.97 Å². The van der Waals surface area contributed by atoms with E-state index in [-0.39, 0.29) is 24.5 Å². The summed E-state index contributed by atoms with van der Waals surface area (Å²) in [4.78, 5) is 14.1. The molecule has 0 spiro atoms. The van der Waals surface area contributed by atoms with Crippen LogP contribution in [0, 0.1) is 0 Å². The Morgan fingerprint density at radius 2 is 1.70 bits per heavy atom. The molecule has 1 N–H and O–H groups in total. The summed E-state index contributed by atoms with van der Waals surface area (Å²) in [6.07, 6.45) is -0.914. The lowest BCUT2D eigenvalue weighted by molar-refractivity contribution is -0.145. The molecule has 3 rings (SSSR count). The second-order valence-corrected chi connectivity index (χ2v) is 6.82. The zero-order chi connectivity index (χ0) is 19.1. The Hall–Kier alpha value is -2.21. The van der Waals surface area contributed by atoms with Crippen LogP contribution in [0.5, 0.6) is 0 Å². The van der Waals surface area contributed by atoms with Crippen LogP contribution in [0.3, 0.4) is 0 Å². The largest absolute Gasteiger partial charge is 0.466 e. The Labute approximate surface area is 160 Å². The number of hydrogen-bond donors (Lipinski definition) is 1. The molecule has 3 atom stereocenters. The van der Waals surface area contributed by atoms with Crippen LogP contribution in [-0.4, -0.2) is 47.4 Å². The minimum atomic E-state index is -0.734. The van der Waals surface area contributed by atoms with Gasteiger partial charge in [0.1, 0.15) is 0 Å². The number of carbonyl (C=O) groups is 1. The van der Waals surface area contributed by atoms with Crippen molar-refractivity contribution in [2.24, 2.45) is 0 Å². The number of esters is 1. The Kier molecular flexibility index (Phi) is 6.98. The predicted octanol–water partition coefficient (Wildman–Crippen LogP) is 2.77. The highest BCUT2D eigenvalue weighted by molar-refractivity contribution is 5.70. The zero-order valence-corrected chi connectivity index (χ0v) is 15.7. The predicted molar refractivity (Wildman–Crippen MR) is 103 cm³/mol. The molecule has 1 fully saturated rings. The van der Waals surface area contributed by atoms with Gasteiger partial charge in [-0.15, -0.1) is 0 Å². The average Bonchev–Trinajstić information content (AvgIpc) is 2.97. The molecule has 0 bridgehead atoms. The summed E-state index contributed by atoms with van der Waals surface area (Å²) < 4.78 is 11.1. The maximum atomic E-state index is 12.0. The summed E-state index contributed by atoms with van der Waals surface area (Å²) in [7, 11) is 0. The molecule has 0 amide bonds. The van der Waals surface area contributed by atoms with Crippen LogP contribution >= 0.6 is 0 Å². The summed E-state index contributed by atoms with van der Waals surface area (Å²) in [6, 6.07) is 19.6. The van der Waals surface area contributed by atoms with Gasteiger partial charge in [-0.2, -0.15) is 0 Å². The molecule has 27 heavy (non-hydrogen) atoms. The first kappa shape index (κ1) is 19.5. The van der Waals surface area contributed by atoms with Crippen LogP contribution in [0.4, 0.5) is 0 Å². The number of ether oxygens (including phenoxy) is 2. The molecule has 0 aliphatic carbocycles. The van der Waals surface area contributed by atoms with Gasteiger partial charge in [0.2, 0.25) is 0 Å². The molecule has 1 aliphatic heterocycles. The van der Waals surface area contributed by atoms with Gasteiger partial charge in [0.25, 0.3) is 0 Å². The first-order chi connectivity index (χ1) is 13.2. The fourth-order valence-electron chi connectivity index (χ4n) is 3.51. The van der Waals surface area contributed by atoms with E-state index in [1.54, 1.807) is 6.92 Å². The lowest BCUT2D eigenvalue weighted by Gasteiger charge is -2.25. The molecule has 5 nitrogen and oxygen atoms in total. The average molecular weight is 369 g/mol. The number of aliphatic hydroxyl groups is 1. The van der Waals surface area contributed by atoms with Crippen LogP contribution in [0.1, 0.15) is 24.5 Å². The highest BCUT2D eigenvalue weighted by atomic mass is 16.5. The van der Waals surface area contributed by atoms with E-state index < -0.39 is 6.10 Å². The van der Waals surface area contributed by atoms with Crippen LogP contribution in [0.15, 0.2) is 60.7 Å². The van der Waals surface area contributed by atoms with Crippen molar-refractivity contribution in [1.82, 2.24) is 4.90 Å². The minimum absolute atomic E-state index is 0.160. The molecule has 0 radical (unpaired) electrons. The molecule has 5 heteroatoms. The third-order valence-corrected chi connectivity index (χ3v) is 4.88. The maximum absolute atomic E-state index is 12.0. The van der Waals surface area contributed by atoms with Crippen molar-refractivity contribution in [1.29, 1.82) is 0 Å². The number of likely N-dealkylation sites (tertiary alicyclic amines) is 1. The Morgan fingerprint density at radius 1 is 1.07 bits per heavy atom. The highest BCUT2D eigenvalue weighted by Crippen LogP contribution is 2.26. The van der Waals surface area contributed by atoms with Crippen molar-refractivity contribution in [2.45, 2.75) is 44.7 Å². The van der Waals surface area contributed by atoms with Gasteiger partial charge >= 0.3 is 5.97 Å². The quantitative estimate of drug-likeness (QED) is 0.725. The van der Waals surface area contributed by atoms with Gasteiger partial charge in [0, 0.05) is 19.1 Å². The standard InChI is InChI=1S/C22H27NO4/c1-2-26-21(24)13-19-22(25)20(27-16-18-11-7-4-8-12-18)15-23(19)14-17-9-5-3-6-10-17/h3-12,19-20,22,25H,2,13-16H2,1H3/t19-,20-,22-/m1/s1. The molecule has 0 saturated carbocycles. The van der Waals surface area contributed by atoms with E-state index in [2.05, 4.69) is 4.90 Å². The smallest absolute Gasteiger partial charge is 0.307 e. The van der Waals surface area contributed by atoms with Gasteiger partial charge in [0.15, 0.2) is 0 Å². The Balaban J connectivity index is 1.67. The van der Waals surface area contributed by atoms with E-state index in [4.69, 9.17) is 9.47 Å². The normalized spacial score (nSPS) is 22.7. The van der Waals surface area contributed by atoms with Crippen molar-refractivity contribution in [3.05, 3.63) is 71.8 Å². The minimum Gasteiger partial charge on any atom is -0.466 e. The second kappa shape index (κ2) is 9.65. The molecule has 144 valence electrons. The number of benzene rings is 2. The fraction of sp³-hybridized carbons (Fsp3) is 0.409. The number of hydrogen-bond acceptors (Lipinski definition) is 5. The number of nitrogens with zero attached hydrogens (tertiary/aromatic N) is 1. The van der Waals surface area contributed by atoms with Crippen molar-refractivity contribution in [2.75, 3.05) is 13.2 Å². The third kappa shape index (κ3) is 5.39. The number of rotatable bonds is 8. The van der Waals surface area contributed by atoms with Crippen molar-refractivity contribution < 1.29 is 19.4 Å². The molecule has 2 aromatic rings.